The third-order valence-corrected chi connectivity index (χ3v) is 8.76. The number of rotatable bonds is 8. The summed E-state index contributed by atoms with van der Waals surface area (Å²) in [6.07, 6.45) is 1.81. The van der Waals surface area contributed by atoms with Gasteiger partial charge in [0.15, 0.2) is 0 Å². The average Bonchev–Trinajstić information content (AvgIpc) is 2.90. The first-order valence-electron chi connectivity index (χ1n) is 16.3. The summed E-state index contributed by atoms with van der Waals surface area (Å²) in [5.41, 5.74) is 0.424. The van der Waals surface area contributed by atoms with Crippen molar-refractivity contribution in [1.82, 2.24) is 0 Å². The predicted octanol–water partition coefficient (Wildman–Crippen LogP) is 9.86. The van der Waals surface area contributed by atoms with E-state index in [9.17, 15) is 9.59 Å². The molecule has 8 heteroatoms. The van der Waals surface area contributed by atoms with Crippen molar-refractivity contribution >= 4 is 29.3 Å². The van der Waals surface area contributed by atoms with Gasteiger partial charge in [0.2, 0.25) is 0 Å². The summed E-state index contributed by atoms with van der Waals surface area (Å²) in [5, 5.41) is 0. The first kappa shape index (κ1) is 36.8. The highest BCUT2D eigenvalue weighted by atomic mass is 16.5. The van der Waals surface area contributed by atoms with Gasteiger partial charge in [0.1, 0.15) is 28.9 Å². The zero-order valence-corrected chi connectivity index (χ0v) is 30.1. The van der Waals surface area contributed by atoms with Crippen molar-refractivity contribution in [3.05, 3.63) is 47.5 Å². The molecule has 2 aromatic carbocycles. The predicted molar refractivity (Wildman–Crippen MR) is 183 cm³/mol. The maximum absolute atomic E-state index is 12.6. The van der Waals surface area contributed by atoms with Crippen molar-refractivity contribution < 1.29 is 28.5 Å². The highest BCUT2D eigenvalue weighted by Crippen LogP contribution is 2.60. The van der Waals surface area contributed by atoms with Gasteiger partial charge < -0.3 is 18.9 Å². The van der Waals surface area contributed by atoms with Gasteiger partial charge in [0.05, 0.1) is 37.6 Å². The van der Waals surface area contributed by atoms with Crippen LogP contribution >= 0.6 is 0 Å². The lowest BCUT2D eigenvalue weighted by atomic mass is 9.48. The molecule has 0 saturated heterocycles. The van der Waals surface area contributed by atoms with Crippen LogP contribution in [0.3, 0.4) is 0 Å². The standard InChI is InChI=1S/C38H54N2O6/c1-13-43-32(41)26-15-17-30-28(19-26)39-25-40-29-20-27(33(42)44-14-2)16-18-31(29)46-24-38(23-45-30,36(9,10)21-34(3,4)5)37(11,12)22-35(6,7)8/h15-20H,13-14,21-24H2,1-12H3. The minimum Gasteiger partial charge on any atom is -0.491 e. The summed E-state index contributed by atoms with van der Waals surface area (Å²) in [4.78, 5) is 34.3. The number of benzene rings is 2. The zero-order valence-electron chi connectivity index (χ0n) is 30.1. The highest BCUT2D eigenvalue weighted by Gasteiger charge is 2.57. The van der Waals surface area contributed by atoms with Crippen molar-refractivity contribution in [3.63, 3.8) is 0 Å². The normalized spacial score (nSPS) is 15.3. The van der Waals surface area contributed by atoms with Gasteiger partial charge in [-0.1, -0.05) is 69.2 Å². The Labute approximate surface area is 276 Å². The Hall–Kier alpha value is -3.64. The summed E-state index contributed by atoms with van der Waals surface area (Å²) >= 11 is 0. The minimum absolute atomic E-state index is 0.0193. The maximum atomic E-state index is 12.6. The van der Waals surface area contributed by atoms with Crippen molar-refractivity contribution in [2.75, 3.05) is 26.4 Å². The molecule has 0 unspecified atom stereocenters. The quantitative estimate of drug-likeness (QED) is 0.268. The number of aliphatic imine (C=N–C) groups is 2. The Kier molecular flexibility index (Phi) is 11.2. The van der Waals surface area contributed by atoms with Crippen LogP contribution in [0.4, 0.5) is 11.4 Å². The fourth-order valence-electron chi connectivity index (χ4n) is 7.40. The number of esters is 2. The molecule has 8 nitrogen and oxygen atoms in total. The van der Waals surface area contributed by atoms with E-state index in [4.69, 9.17) is 18.9 Å². The smallest absolute Gasteiger partial charge is 0.338 e. The molecule has 0 bridgehead atoms. The monoisotopic (exact) mass is 634 g/mol. The third kappa shape index (κ3) is 8.79. The fourth-order valence-corrected chi connectivity index (χ4v) is 7.40. The fraction of sp³-hybridized carbons (Fsp3) is 0.605. The first-order chi connectivity index (χ1) is 21.2. The Morgan fingerprint density at radius 3 is 1.39 bits per heavy atom. The van der Waals surface area contributed by atoms with E-state index in [1.54, 1.807) is 50.2 Å². The van der Waals surface area contributed by atoms with E-state index in [1.165, 1.54) is 0 Å². The Bertz CT molecular complexity index is 1360. The number of ether oxygens (including phenoxy) is 4. The molecule has 1 aliphatic rings. The maximum Gasteiger partial charge on any atom is 0.338 e. The molecule has 0 aliphatic carbocycles. The van der Waals surface area contributed by atoms with Crippen LogP contribution in [0.2, 0.25) is 0 Å². The SMILES string of the molecule is CCOC(=O)c1ccc2c(c1)N=C=Nc1cc(C(=O)OCC)ccc1OCC(C(C)(C)CC(C)(C)C)(C(C)(C)CC(C)(C)C)CO2. The number of nitrogens with zero attached hydrogens (tertiary/aromatic N) is 2. The first-order valence-corrected chi connectivity index (χ1v) is 16.3. The highest BCUT2D eigenvalue weighted by molar-refractivity contribution is 5.92. The Balaban J connectivity index is 2.35. The lowest BCUT2D eigenvalue weighted by molar-refractivity contribution is -0.137. The van der Waals surface area contributed by atoms with E-state index in [0.29, 0.717) is 47.2 Å². The van der Waals surface area contributed by atoms with Crippen molar-refractivity contribution in [2.24, 2.45) is 37.1 Å². The molecular weight excluding hydrogens is 580 g/mol. The van der Waals surface area contributed by atoms with Gasteiger partial charge in [-0.05, 0) is 84.7 Å². The van der Waals surface area contributed by atoms with Gasteiger partial charge in [-0.3, -0.25) is 0 Å². The summed E-state index contributed by atoms with van der Waals surface area (Å²) in [7, 11) is 0. The van der Waals surface area contributed by atoms with Crippen molar-refractivity contribution in [3.8, 4) is 11.5 Å². The third-order valence-electron chi connectivity index (χ3n) is 8.76. The van der Waals surface area contributed by atoms with Gasteiger partial charge >= 0.3 is 11.9 Å². The molecule has 0 atom stereocenters. The number of carbonyl (C=O) groups is 2. The summed E-state index contributed by atoms with van der Waals surface area (Å²) in [6, 6.07) is 12.9. The molecule has 46 heavy (non-hydrogen) atoms. The molecule has 0 N–H and O–H groups in total. The van der Waals surface area contributed by atoms with Crippen molar-refractivity contribution in [1.29, 1.82) is 0 Å². The molecule has 0 aromatic heterocycles. The Morgan fingerprint density at radius 1 is 0.696 bits per heavy atom. The van der Waals surface area contributed by atoms with Gasteiger partial charge in [0.25, 0.3) is 0 Å². The lowest BCUT2D eigenvalue weighted by Gasteiger charge is -2.58. The molecule has 1 aliphatic heterocycles. The van der Waals surface area contributed by atoms with Gasteiger partial charge in [0, 0.05) is 5.41 Å². The number of hydrogen-bond donors (Lipinski definition) is 0. The van der Waals surface area contributed by atoms with Crippen LogP contribution in [0.5, 0.6) is 11.5 Å². The zero-order chi connectivity index (χ0) is 34.6. The summed E-state index contributed by atoms with van der Waals surface area (Å²) in [5.74, 6) is 0.0975. The van der Waals surface area contributed by atoms with Gasteiger partial charge in [-0.2, -0.15) is 9.98 Å². The molecule has 1 heterocycles. The van der Waals surface area contributed by atoms with E-state index in [-0.39, 0.29) is 34.9 Å². The van der Waals surface area contributed by atoms with Crippen LogP contribution in [0.15, 0.2) is 46.4 Å². The van der Waals surface area contributed by atoms with Crippen LogP contribution in [-0.4, -0.2) is 44.4 Å². The van der Waals surface area contributed by atoms with Gasteiger partial charge in [-0.15, -0.1) is 0 Å². The van der Waals surface area contributed by atoms with Gasteiger partial charge in [-0.25, -0.2) is 9.59 Å². The lowest BCUT2D eigenvalue weighted by Crippen LogP contribution is -2.58. The number of fused-ring (bicyclic) bond motifs is 2. The molecule has 0 fully saturated rings. The molecule has 0 spiro atoms. The van der Waals surface area contributed by atoms with Crippen LogP contribution in [0.25, 0.3) is 0 Å². The number of carbonyl (C=O) groups excluding carboxylic acids is 2. The Morgan fingerprint density at radius 2 is 1.07 bits per heavy atom. The molecule has 0 amide bonds. The van der Waals surface area contributed by atoms with E-state index >= 15 is 0 Å². The molecule has 3 rings (SSSR count). The molecule has 0 saturated carbocycles. The average molecular weight is 635 g/mol. The van der Waals surface area contributed by atoms with Crippen LogP contribution in [0.1, 0.15) is 117 Å². The minimum atomic E-state index is -0.540. The molecular formula is C38H54N2O6. The molecule has 2 aromatic rings. The van der Waals surface area contributed by atoms with Crippen LogP contribution in [-0.2, 0) is 9.47 Å². The summed E-state index contributed by atoms with van der Waals surface area (Å²) < 4.78 is 24.0. The number of hydrogen-bond acceptors (Lipinski definition) is 8. The summed E-state index contributed by atoms with van der Waals surface area (Å²) in [6.45, 7) is 27.5. The van der Waals surface area contributed by atoms with E-state index in [0.717, 1.165) is 12.8 Å². The largest absolute Gasteiger partial charge is 0.491 e. The van der Waals surface area contributed by atoms with E-state index in [1.807, 2.05) is 0 Å². The second-order valence-corrected chi connectivity index (χ2v) is 16.0. The van der Waals surface area contributed by atoms with Crippen molar-refractivity contribution in [2.45, 2.75) is 95.9 Å². The second-order valence-electron chi connectivity index (χ2n) is 16.0. The van der Waals surface area contributed by atoms with E-state index < -0.39 is 17.4 Å². The topological polar surface area (TPSA) is 95.8 Å². The van der Waals surface area contributed by atoms with Crippen LogP contribution in [0, 0.1) is 27.1 Å². The van der Waals surface area contributed by atoms with E-state index in [2.05, 4.69) is 85.2 Å². The molecule has 0 radical (unpaired) electrons. The van der Waals surface area contributed by atoms with Crippen LogP contribution < -0.4 is 9.47 Å². The second kappa shape index (κ2) is 14.0. The molecule has 252 valence electrons.